The summed E-state index contributed by atoms with van der Waals surface area (Å²) in [5.74, 6) is -0.0776. The summed E-state index contributed by atoms with van der Waals surface area (Å²) in [7, 11) is 1.78. The summed E-state index contributed by atoms with van der Waals surface area (Å²) in [6.07, 6.45) is 2.36. The largest absolute Gasteiger partial charge is 0.522 e. The average Bonchev–Trinajstić information content (AvgIpc) is 2.57. The van der Waals surface area contributed by atoms with Gasteiger partial charge in [-0.05, 0) is 18.9 Å². The summed E-state index contributed by atoms with van der Waals surface area (Å²) in [6.45, 7) is 8.03. The highest BCUT2D eigenvalue weighted by Crippen LogP contribution is 2.40. The molecule has 1 aromatic rings. The molecule has 3 N–H and O–H groups in total. The van der Waals surface area contributed by atoms with Crippen molar-refractivity contribution >= 4 is 21.2 Å². The topological polar surface area (TPSA) is 65.7 Å². The third-order valence-electron chi connectivity index (χ3n) is 4.32. The van der Waals surface area contributed by atoms with Crippen molar-refractivity contribution in [1.29, 1.82) is 0 Å². The predicted octanol–water partition coefficient (Wildman–Crippen LogP) is 2.84. The number of hydrogen-bond donors (Lipinski definition) is 2. The number of nitrogens with one attached hydrogen (secondary N) is 1. The Labute approximate surface area is 153 Å². The van der Waals surface area contributed by atoms with E-state index in [9.17, 15) is 0 Å². The van der Waals surface area contributed by atoms with Gasteiger partial charge >= 0.3 is 8.80 Å². The highest BCUT2D eigenvalue weighted by Gasteiger charge is 2.62. The second-order valence-electron chi connectivity index (χ2n) is 5.55. The van der Waals surface area contributed by atoms with Crippen molar-refractivity contribution in [1.82, 2.24) is 5.32 Å². The molecule has 0 aliphatic rings. The molecule has 0 fully saturated rings. The van der Waals surface area contributed by atoms with Gasteiger partial charge in [-0.15, -0.1) is 19.0 Å². The van der Waals surface area contributed by atoms with E-state index in [2.05, 4.69) is 31.0 Å². The van der Waals surface area contributed by atoms with E-state index in [4.69, 9.17) is 19.0 Å². The molecule has 1 rings (SSSR count). The van der Waals surface area contributed by atoms with Crippen molar-refractivity contribution in [2.75, 3.05) is 21.3 Å². The van der Waals surface area contributed by atoms with Crippen LogP contribution in [0.4, 0.5) is 0 Å². The van der Waals surface area contributed by atoms with Gasteiger partial charge in [-0.2, -0.15) is 0 Å². The second-order valence-corrected chi connectivity index (χ2v) is 8.78. The molecule has 138 valence electrons. The van der Waals surface area contributed by atoms with Crippen molar-refractivity contribution in [3.05, 3.63) is 48.6 Å². The van der Waals surface area contributed by atoms with E-state index >= 15 is 0 Å². The van der Waals surface area contributed by atoms with Gasteiger partial charge in [0.2, 0.25) is 0 Å². The Morgan fingerprint density at radius 3 is 2.04 bits per heavy atom. The Balaban J connectivity index is 0.00000529. The lowest BCUT2D eigenvalue weighted by atomic mass is 9.88. The van der Waals surface area contributed by atoms with Gasteiger partial charge < -0.3 is 19.0 Å². The highest BCUT2D eigenvalue weighted by atomic mass is 35.5. The Morgan fingerprint density at radius 2 is 1.71 bits per heavy atom. The van der Waals surface area contributed by atoms with E-state index in [0.29, 0.717) is 6.42 Å². The van der Waals surface area contributed by atoms with Crippen LogP contribution in [-0.2, 0) is 13.3 Å². The molecule has 3 unspecified atom stereocenters. The van der Waals surface area contributed by atoms with Crippen molar-refractivity contribution in [3.63, 3.8) is 0 Å². The molecule has 1 aromatic carbocycles. The number of rotatable bonds is 10. The van der Waals surface area contributed by atoms with Crippen LogP contribution < -0.4 is 11.1 Å². The van der Waals surface area contributed by atoms with Crippen molar-refractivity contribution in [2.24, 2.45) is 5.73 Å². The molecule has 0 bridgehead atoms. The van der Waals surface area contributed by atoms with E-state index in [1.807, 2.05) is 31.2 Å². The first-order chi connectivity index (χ1) is 11.0. The van der Waals surface area contributed by atoms with Crippen molar-refractivity contribution in [3.8, 4) is 0 Å². The number of benzene rings is 1. The molecule has 0 spiro atoms. The summed E-state index contributed by atoms with van der Waals surface area (Å²) in [4.78, 5) is 0. The lowest BCUT2D eigenvalue weighted by Gasteiger charge is -2.48. The van der Waals surface area contributed by atoms with Crippen LogP contribution in [-0.4, -0.2) is 41.5 Å². The van der Waals surface area contributed by atoms with Crippen LogP contribution in [0.2, 0.25) is 0 Å². The Morgan fingerprint density at radius 1 is 1.21 bits per heavy atom. The lowest BCUT2D eigenvalue weighted by molar-refractivity contribution is 0.0711. The Kier molecular flexibility index (Phi) is 9.99. The van der Waals surface area contributed by atoms with Gasteiger partial charge in [0, 0.05) is 27.2 Å². The fourth-order valence-corrected chi connectivity index (χ4v) is 6.49. The van der Waals surface area contributed by atoms with E-state index in [1.54, 1.807) is 21.3 Å². The Hall–Kier alpha value is -0.733. The van der Waals surface area contributed by atoms with E-state index < -0.39 is 14.0 Å². The maximum absolute atomic E-state index is 6.10. The molecule has 0 saturated heterocycles. The molecular formula is C17H31ClN2O3Si. The normalized spacial score (nSPS) is 16.6. The van der Waals surface area contributed by atoms with Gasteiger partial charge in [0.1, 0.15) is 0 Å². The zero-order valence-corrected chi connectivity index (χ0v) is 17.1. The van der Waals surface area contributed by atoms with Crippen LogP contribution in [0.1, 0.15) is 31.7 Å². The lowest BCUT2D eigenvalue weighted by Crippen LogP contribution is -2.74. The minimum atomic E-state index is -3.09. The molecule has 0 radical (unpaired) electrons. The molecule has 24 heavy (non-hydrogen) atoms. The standard InChI is InChI=1S/C17H30N2O3Si.ClH/c1-7-16(15-12-10-9-11-13-15)17(8-2,19-14(3)18)23(20-4,21-5)22-6;/h7,9-14,16,19H,1,8,18H2,2-6H3;1H. The summed E-state index contributed by atoms with van der Waals surface area (Å²) < 4.78 is 17.5. The van der Waals surface area contributed by atoms with Crippen LogP contribution >= 0.6 is 12.4 Å². The SMILES string of the molecule is C=CC(c1ccccc1)C(CC)(NC(C)N)[Si](OC)(OC)OC.Cl. The first-order valence-corrected chi connectivity index (χ1v) is 9.55. The molecule has 0 aliphatic heterocycles. The highest BCUT2D eigenvalue weighted by molar-refractivity contribution is 6.64. The quantitative estimate of drug-likeness (QED) is 0.374. The molecule has 0 saturated carbocycles. The average molecular weight is 375 g/mol. The number of nitrogens with two attached hydrogens (primary N) is 1. The van der Waals surface area contributed by atoms with Crippen LogP contribution in [0.5, 0.6) is 0 Å². The van der Waals surface area contributed by atoms with Crippen LogP contribution in [0.15, 0.2) is 43.0 Å². The zero-order chi connectivity index (χ0) is 17.5. The molecule has 0 aromatic heterocycles. The molecule has 0 heterocycles. The first-order valence-electron chi connectivity index (χ1n) is 7.83. The van der Waals surface area contributed by atoms with E-state index in [-0.39, 0.29) is 24.5 Å². The summed E-state index contributed by atoms with van der Waals surface area (Å²) in [5, 5.41) is 2.86. The smallest absolute Gasteiger partial charge is 0.376 e. The summed E-state index contributed by atoms with van der Waals surface area (Å²) in [6, 6.07) is 10.1. The van der Waals surface area contributed by atoms with Crippen molar-refractivity contribution in [2.45, 2.75) is 37.5 Å². The van der Waals surface area contributed by atoms with Crippen LogP contribution in [0.25, 0.3) is 0 Å². The molecular weight excluding hydrogens is 344 g/mol. The van der Waals surface area contributed by atoms with Gasteiger partial charge in [0.05, 0.1) is 11.3 Å². The molecule has 3 atom stereocenters. The maximum Gasteiger partial charge on any atom is 0.522 e. The first kappa shape index (κ1) is 23.3. The van der Waals surface area contributed by atoms with E-state index in [0.717, 1.165) is 5.56 Å². The van der Waals surface area contributed by atoms with Gasteiger partial charge in [0.15, 0.2) is 0 Å². The van der Waals surface area contributed by atoms with Crippen molar-refractivity contribution < 1.29 is 13.3 Å². The van der Waals surface area contributed by atoms with Gasteiger partial charge in [-0.1, -0.05) is 43.3 Å². The minimum Gasteiger partial charge on any atom is -0.376 e. The fourth-order valence-electron chi connectivity index (χ4n) is 3.39. The molecule has 0 aliphatic carbocycles. The molecule has 0 amide bonds. The minimum absolute atomic E-state index is 0. The molecule has 7 heteroatoms. The molecule has 5 nitrogen and oxygen atoms in total. The van der Waals surface area contributed by atoms with Gasteiger partial charge in [0.25, 0.3) is 0 Å². The van der Waals surface area contributed by atoms with Gasteiger partial charge in [-0.25, -0.2) is 0 Å². The maximum atomic E-state index is 6.10. The third-order valence-corrected chi connectivity index (χ3v) is 7.83. The van der Waals surface area contributed by atoms with Crippen LogP contribution in [0, 0.1) is 0 Å². The third kappa shape index (κ3) is 4.26. The van der Waals surface area contributed by atoms with E-state index in [1.165, 1.54) is 0 Å². The number of halogens is 1. The van der Waals surface area contributed by atoms with Gasteiger partial charge in [-0.3, -0.25) is 5.32 Å². The summed E-state index contributed by atoms with van der Waals surface area (Å²) >= 11 is 0. The zero-order valence-electron chi connectivity index (χ0n) is 15.2. The predicted molar refractivity (Wildman–Crippen MR) is 103 cm³/mol. The van der Waals surface area contributed by atoms with Crippen LogP contribution in [0.3, 0.4) is 0 Å². The Bertz CT molecular complexity index is 478. The monoisotopic (exact) mass is 374 g/mol. The second kappa shape index (κ2) is 10.3. The number of hydrogen-bond acceptors (Lipinski definition) is 5. The fraction of sp³-hybridized carbons (Fsp3) is 0.529. The summed E-state index contributed by atoms with van der Waals surface area (Å²) in [5.41, 5.74) is 7.21.